The van der Waals surface area contributed by atoms with Crippen molar-refractivity contribution in [3.8, 4) is 0 Å². The predicted octanol–water partition coefficient (Wildman–Crippen LogP) is 16.8. The van der Waals surface area contributed by atoms with E-state index in [4.69, 9.17) is 0 Å². The number of rotatable bonds is 10. The molecule has 1 aliphatic rings. The van der Waals surface area contributed by atoms with Crippen LogP contribution in [0, 0.1) is 13.8 Å². The zero-order valence-corrected chi connectivity index (χ0v) is 36.2. The van der Waals surface area contributed by atoms with Gasteiger partial charge in [0.2, 0.25) is 0 Å². The molecule has 0 saturated carbocycles. The third-order valence-electron chi connectivity index (χ3n) is 12.3. The average Bonchev–Trinajstić information content (AvgIpc) is 3.32. The van der Waals surface area contributed by atoms with Gasteiger partial charge in [0.25, 0.3) is 0 Å². The van der Waals surface area contributed by atoms with Crippen LogP contribution < -0.4 is 19.6 Å². The van der Waals surface area contributed by atoms with Crippen LogP contribution in [0.4, 0.5) is 68.2 Å². The molecule has 4 nitrogen and oxygen atoms in total. The molecule has 0 fully saturated rings. The van der Waals surface area contributed by atoms with E-state index < -0.39 is 0 Å². The van der Waals surface area contributed by atoms with Crippen LogP contribution in [0.15, 0.2) is 231 Å². The lowest BCUT2D eigenvalue weighted by molar-refractivity contribution is 0.632. The lowest BCUT2D eigenvalue weighted by atomic mass is 9.73. The molecule has 10 rings (SSSR count). The molecule has 0 aliphatic carbocycles. The monoisotopic (exact) mass is 814 g/mol. The van der Waals surface area contributed by atoms with Crippen LogP contribution in [-0.2, 0) is 5.41 Å². The Balaban J connectivity index is 1.23. The van der Waals surface area contributed by atoms with Crippen LogP contribution in [0.2, 0.25) is 0 Å². The maximum absolute atomic E-state index is 2.48. The van der Waals surface area contributed by atoms with Crippen molar-refractivity contribution in [1.82, 2.24) is 0 Å². The molecule has 9 aromatic carbocycles. The van der Waals surface area contributed by atoms with Crippen molar-refractivity contribution in [1.29, 1.82) is 0 Å². The lowest BCUT2D eigenvalue weighted by Gasteiger charge is -2.43. The Hall–Kier alpha value is -7.82. The largest absolute Gasteiger partial charge is 0.310 e. The van der Waals surface area contributed by atoms with Gasteiger partial charge < -0.3 is 19.6 Å². The maximum atomic E-state index is 2.48. The number of hydrogen-bond acceptors (Lipinski definition) is 4. The predicted molar refractivity (Wildman–Crippen MR) is 267 cm³/mol. The highest BCUT2D eigenvalue weighted by Crippen LogP contribution is 2.55. The normalized spacial score (nSPS) is 12.5. The molecule has 1 heterocycles. The summed E-state index contributed by atoms with van der Waals surface area (Å²) in [6, 6.07) is 83.5. The van der Waals surface area contributed by atoms with Crippen LogP contribution in [-0.4, -0.2) is 0 Å². The van der Waals surface area contributed by atoms with Gasteiger partial charge >= 0.3 is 0 Å². The third kappa shape index (κ3) is 7.51. The van der Waals surface area contributed by atoms with Crippen molar-refractivity contribution in [3.05, 3.63) is 253 Å². The molecule has 63 heavy (non-hydrogen) atoms. The van der Waals surface area contributed by atoms with Gasteiger partial charge in [0.15, 0.2) is 0 Å². The Bertz CT molecular complexity index is 2760. The molecule has 0 bridgehead atoms. The van der Waals surface area contributed by atoms with Gasteiger partial charge in [-0.1, -0.05) is 140 Å². The molecule has 0 amide bonds. The third-order valence-corrected chi connectivity index (χ3v) is 12.3. The number of hydrogen-bond donors (Lipinski definition) is 0. The van der Waals surface area contributed by atoms with E-state index in [1.54, 1.807) is 0 Å². The molecular weight excluding hydrogens is 765 g/mol. The summed E-state index contributed by atoms with van der Waals surface area (Å²) in [6.07, 6.45) is 0. The van der Waals surface area contributed by atoms with Gasteiger partial charge in [-0.2, -0.15) is 0 Å². The lowest BCUT2D eigenvalue weighted by Crippen LogP contribution is -2.31. The molecular formula is C59H50N4. The molecule has 4 heteroatoms. The highest BCUT2D eigenvalue weighted by molar-refractivity contribution is 5.93. The smallest absolute Gasteiger partial charge is 0.0504 e. The Kier molecular flexibility index (Phi) is 10.3. The van der Waals surface area contributed by atoms with E-state index in [1.807, 2.05) is 0 Å². The number of aryl methyl sites for hydroxylation is 2. The molecule has 0 radical (unpaired) electrons. The molecule has 0 N–H and O–H groups in total. The van der Waals surface area contributed by atoms with E-state index in [2.05, 4.69) is 278 Å². The molecule has 1 aliphatic heterocycles. The van der Waals surface area contributed by atoms with E-state index in [0.717, 1.165) is 68.2 Å². The number of fused-ring (bicyclic) bond motifs is 2. The quantitative estimate of drug-likeness (QED) is 0.136. The minimum atomic E-state index is -0.314. The van der Waals surface area contributed by atoms with E-state index >= 15 is 0 Å². The summed E-state index contributed by atoms with van der Waals surface area (Å²) >= 11 is 0. The van der Waals surface area contributed by atoms with Gasteiger partial charge in [-0.25, -0.2) is 0 Å². The molecule has 0 aromatic heterocycles. The van der Waals surface area contributed by atoms with E-state index in [-0.39, 0.29) is 5.41 Å². The summed E-state index contributed by atoms with van der Waals surface area (Å²) in [6.45, 7) is 9.03. The summed E-state index contributed by atoms with van der Waals surface area (Å²) < 4.78 is 0. The van der Waals surface area contributed by atoms with Crippen molar-refractivity contribution in [3.63, 3.8) is 0 Å². The van der Waals surface area contributed by atoms with Crippen molar-refractivity contribution in [2.75, 3.05) is 19.6 Å². The van der Waals surface area contributed by atoms with Crippen molar-refractivity contribution in [2.24, 2.45) is 0 Å². The number of para-hydroxylation sites is 5. The van der Waals surface area contributed by atoms with Crippen LogP contribution >= 0.6 is 0 Å². The first-order valence-electron chi connectivity index (χ1n) is 21.8. The van der Waals surface area contributed by atoms with Crippen LogP contribution in [0.3, 0.4) is 0 Å². The Morgan fingerprint density at radius 3 is 1.10 bits per heavy atom. The van der Waals surface area contributed by atoms with Crippen LogP contribution in [0.25, 0.3) is 0 Å². The Morgan fingerprint density at radius 2 is 0.651 bits per heavy atom. The first-order valence-corrected chi connectivity index (χ1v) is 21.8. The minimum Gasteiger partial charge on any atom is -0.310 e. The van der Waals surface area contributed by atoms with E-state index in [1.165, 1.54) is 22.3 Å². The fraction of sp³-hybridized carbons (Fsp3) is 0.0847. The van der Waals surface area contributed by atoms with Crippen molar-refractivity contribution < 1.29 is 0 Å². The first kappa shape index (κ1) is 39.3. The Morgan fingerprint density at radius 1 is 0.302 bits per heavy atom. The highest BCUT2D eigenvalue weighted by atomic mass is 15.2. The first-order chi connectivity index (χ1) is 30.8. The average molecular weight is 815 g/mol. The fourth-order valence-corrected chi connectivity index (χ4v) is 9.11. The van der Waals surface area contributed by atoms with E-state index in [9.17, 15) is 0 Å². The summed E-state index contributed by atoms with van der Waals surface area (Å²) in [7, 11) is 0. The molecule has 306 valence electrons. The number of anilines is 12. The number of nitrogens with zero attached hydrogens (tertiary/aromatic N) is 4. The molecule has 0 unspecified atom stereocenters. The SMILES string of the molecule is Cc1ccc(N(c2ccc(C)cc2)c2ccc3c(c2)C(C)(C)c2ccccc2N3c2cc(N(c3ccccc3)c3ccccc3)cc(N(c3ccccc3)c3ccccc3)c2)cc1. The van der Waals surface area contributed by atoms with Crippen molar-refractivity contribution in [2.45, 2.75) is 33.1 Å². The second-order valence-electron chi connectivity index (χ2n) is 16.9. The van der Waals surface area contributed by atoms with Gasteiger partial charge in [0, 0.05) is 45.2 Å². The molecule has 0 atom stereocenters. The highest BCUT2D eigenvalue weighted by Gasteiger charge is 2.38. The van der Waals surface area contributed by atoms with Crippen LogP contribution in [0.5, 0.6) is 0 Å². The standard InChI is InChI=1S/C59H50N4/c1-43-29-33-49(34-30-43)60(50-35-31-44(2)32-36-50)51-37-38-58-56(42-51)59(3,4)55-27-17-18-28-57(55)63(58)54-40-52(61(45-19-9-5-10-20-45)46-21-11-6-12-22-46)39-53(41-54)62(47-23-13-7-14-24-47)48-25-15-8-16-26-48/h5-42H,1-4H3. The van der Waals surface area contributed by atoms with Gasteiger partial charge in [-0.15, -0.1) is 0 Å². The molecule has 9 aromatic rings. The second-order valence-corrected chi connectivity index (χ2v) is 16.9. The number of benzene rings is 9. The zero-order valence-electron chi connectivity index (χ0n) is 36.2. The van der Waals surface area contributed by atoms with Crippen molar-refractivity contribution >= 4 is 68.2 Å². The fourth-order valence-electron chi connectivity index (χ4n) is 9.11. The topological polar surface area (TPSA) is 13.0 Å². The minimum absolute atomic E-state index is 0.314. The maximum Gasteiger partial charge on any atom is 0.0504 e. The van der Waals surface area contributed by atoms with Gasteiger partial charge in [0.1, 0.15) is 0 Å². The summed E-state index contributed by atoms with van der Waals surface area (Å²) in [5, 5.41) is 0. The van der Waals surface area contributed by atoms with Gasteiger partial charge in [-0.05, 0) is 140 Å². The summed E-state index contributed by atoms with van der Waals surface area (Å²) in [5.74, 6) is 0. The molecule has 0 saturated heterocycles. The Labute approximate surface area is 372 Å². The zero-order chi connectivity index (χ0) is 42.9. The van der Waals surface area contributed by atoms with Gasteiger partial charge in [-0.3, -0.25) is 0 Å². The van der Waals surface area contributed by atoms with E-state index in [0.29, 0.717) is 0 Å². The second kappa shape index (κ2) is 16.6. The summed E-state index contributed by atoms with van der Waals surface area (Å²) in [5.41, 5.74) is 17.8. The summed E-state index contributed by atoms with van der Waals surface area (Å²) in [4.78, 5) is 9.60. The van der Waals surface area contributed by atoms with Gasteiger partial charge in [0.05, 0.1) is 28.4 Å². The van der Waals surface area contributed by atoms with Crippen LogP contribution in [0.1, 0.15) is 36.1 Å². The molecule has 0 spiro atoms.